The lowest BCUT2D eigenvalue weighted by Gasteiger charge is -2.44. The summed E-state index contributed by atoms with van der Waals surface area (Å²) in [6.07, 6.45) is 0.801. The minimum Gasteiger partial charge on any atom is -0.487 e. The van der Waals surface area contributed by atoms with Gasteiger partial charge in [-0.15, -0.1) is 0 Å². The molecule has 5 rings (SSSR count). The molecule has 8 nitrogen and oxygen atoms in total. The van der Waals surface area contributed by atoms with Crippen molar-refractivity contribution in [3.05, 3.63) is 120 Å². The van der Waals surface area contributed by atoms with Gasteiger partial charge in [0.05, 0.1) is 33.2 Å². The third-order valence-electron chi connectivity index (χ3n) is 8.26. The Kier molecular flexibility index (Phi) is 7.80. The van der Waals surface area contributed by atoms with Crippen molar-refractivity contribution in [1.29, 1.82) is 5.26 Å². The van der Waals surface area contributed by atoms with Crippen LogP contribution in [0.2, 0.25) is 5.02 Å². The largest absolute Gasteiger partial charge is 0.487 e. The number of rotatable bonds is 6. The SMILES string of the molecule is Cc1cc(COc2ccccc2Cl)c(C)c(C2C(C#N)=C(N)N(c3cc([N+](=O)[O-])ccc3C)C3=C2C(=O)CC(C)(C)C3)c1. The van der Waals surface area contributed by atoms with Gasteiger partial charge in [-0.05, 0) is 67.0 Å². The Labute approximate surface area is 256 Å². The van der Waals surface area contributed by atoms with Gasteiger partial charge in [-0.1, -0.05) is 61.3 Å². The summed E-state index contributed by atoms with van der Waals surface area (Å²) in [6, 6.07) is 18.1. The van der Waals surface area contributed by atoms with Gasteiger partial charge in [-0.2, -0.15) is 5.26 Å². The van der Waals surface area contributed by atoms with E-state index in [1.54, 1.807) is 23.1 Å². The van der Waals surface area contributed by atoms with E-state index in [-0.39, 0.29) is 34.9 Å². The molecular weight excluding hydrogens is 564 g/mol. The first-order valence-electron chi connectivity index (χ1n) is 14.0. The number of ketones is 1. The number of allylic oxidation sites excluding steroid dienone is 3. The summed E-state index contributed by atoms with van der Waals surface area (Å²) in [5.74, 6) is -0.0453. The highest BCUT2D eigenvalue weighted by Gasteiger charge is 2.45. The first-order valence-corrected chi connectivity index (χ1v) is 14.4. The van der Waals surface area contributed by atoms with E-state index in [1.807, 2.05) is 58.9 Å². The standard InChI is InChI=1S/C34H33ClN4O4/c1-19-12-22(18-43-30-9-7-6-8-26(30)35)21(3)24(13-19)31-25(17-36)33(37)38(27-14-23(39(41)42)11-10-20(27)2)28-15-34(4,5)16-29(40)32(28)31/h6-14,31H,15-16,18,37H2,1-5H3. The number of hydrogen-bond acceptors (Lipinski definition) is 7. The molecule has 2 N–H and O–H groups in total. The Balaban J connectivity index is 1.71. The van der Waals surface area contributed by atoms with Crippen molar-refractivity contribution >= 4 is 28.8 Å². The molecule has 0 bridgehead atoms. The Morgan fingerprint density at radius 3 is 2.53 bits per heavy atom. The van der Waals surface area contributed by atoms with Crippen LogP contribution in [0.15, 0.2) is 77.3 Å². The number of nitrogens with two attached hydrogens (primary N) is 1. The second kappa shape index (κ2) is 11.2. The molecule has 9 heteroatoms. The fourth-order valence-electron chi connectivity index (χ4n) is 6.18. The molecule has 43 heavy (non-hydrogen) atoms. The molecular formula is C34H33ClN4O4. The Morgan fingerprint density at radius 2 is 1.86 bits per heavy atom. The number of ether oxygens (including phenoxy) is 1. The number of aryl methyl sites for hydroxylation is 2. The first-order chi connectivity index (χ1) is 20.3. The summed E-state index contributed by atoms with van der Waals surface area (Å²) in [5, 5.41) is 22.8. The van der Waals surface area contributed by atoms with Crippen molar-refractivity contribution in [2.45, 2.75) is 60.0 Å². The molecule has 0 amide bonds. The fourth-order valence-corrected chi connectivity index (χ4v) is 6.37. The van der Waals surface area contributed by atoms with E-state index in [2.05, 4.69) is 6.07 Å². The number of Topliss-reactive ketones (excluding diaryl/α,β-unsaturated/α-hetero) is 1. The Hall–Kier alpha value is -4.61. The summed E-state index contributed by atoms with van der Waals surface area (Å²) in [7, 11) is 0. The predicted molar refractivity (Wildman–Crippen MR) is 167 cm³/mol. The van der Waals surface area contributed by atoms with Crippen molar-refractivity contribution < 1.29 is 14.5 Å². The van der Waals surface area contributed by atoms with Gasteiger partial charge in [-0.3, -0.25) is 19.8 Å². The van der Waals surface area contributed by atoms with E-state index in [9.17, 15) is 20.2 Å². The molecule has 2 aliphatic rings. The number of non-ortho nitro benzene ring substituents is 1. The second-order valence-electron chi connectivity index (χ2n) is 12.1. The number of carbonyl (C=O) groups excluding carboxylic acids is 1. The average molecular weight is 597 g/mol. The van der Waals surface area contributed by atoms with Crippen LogP contribution in [0.1, 0.15) is 60.4 Å². The second-order valence-corrected chi connectivity index (χ2v) is 12.5. The lowest BCUT2D eigenvalue weighted by atomic mass is 9.67. The minimum absolute atomic E-state index is 0.0700. The fraction of sp³-hybridized carbons (Fsp3) is 0.294. The molecule has 3 aromatic rings. The van der Waals surface area contributed by atoms with Crippen LogP contribution in [-0.2, 0) is 11.4 Å². The molecule has 0 saturated heterocycles. The van der Waals surface area contributed by atoms with Crippen LogP contribution in [0.5, 0.6) is 5.75 Å². The van der Waals surface area contributed by atoms with Crippen molar-refractivity contribution in [3.63, 3.8) is 0 Å². The van der Waals surface area contributed by atoms with Gasteiger partial charge in [0.15, 0.2) is 5.78 Å². The number of nitriles is 1. The van der Waals surface area contributed by atoms with E-state index in [0.717, 1.165) is 27.8 Å². The van der Waals surface area contributed by atoms with E-state index in [0.29, 0.717) is 40.6 Å². The maximum absolute atomic E-state index is 14.1. The number of anilines is 1. The van der Waals surface area contributed by atoms with E-state index in [1.165, 1.54) is 12.1 Å². The molecule has 1 heterocycles. The third-order valence-corrected chi connectivity index (χ3v) is 8.57. The Bertz CT molecular complexity index is 1780. The number of carbonyl (C=O) groups is 1. The zero-order valence-electron chi connectivity index (χ0n) is 24.8. The van der Waals surface area contributed by atoms with Crippen molar-refractivity contribution in [1.82, 2.24) is 0 Å². The summed E-state index contributed by atoms with van der Waals surface area (Å²) in [6.45, 7) is 10.0. The number of nitro groups is 1. The number of nitrogens with zero attached hydrogens (tertiary/aromatic N) is 3. The number of hydrogen-bond donors (Lipinski definition) is 1. The van der Waals surface area contributed by atoms with Gasteiger partial charge in [-0.25, -0.2) is 0 Å². The van der Waals surface area contributed by atoms with Crippen molar-refractivity contribution in [2.24, 2.45) is 11.1 Å². The van der Waals surface area contributed by atoms with Crippen LogP contribution in [0.3, 0.4) is 0 Å². The van der Waals surface area contributed by atoms with E-state index in [4.69, 9.17) is 22.1 Å². The third kappa shape index (κ3) is 5.49. The first kappa shape index (κ1) is 29.9. The maximum atomic E-state index is 14.1. The molecule has 0 aromatic heterocycles. The van der Waals surface area contributed by atoms with Crippen LogP contribution in [-0.4, -0.2) is 10.7 Å². The van der Waals surface area contributed by atoms with Gasteiger partial charge in [0, 0.05) is 29.8 Å². The molecule has 220 valence electrons. The molecule has 0 fully saturated rings. The molecule has 3 aromatic carbocycles. The van der Waals surface area contributed by atoms with Crippen molar-refractivity contribution in [2.75, 3.05) is 4.90 Å². The van der Waals surface area contributed by atoms with Gasteiger partial charge >= 0.3 is 0 Å². The van der Waals surface area contributed by atoms with Gasteiger partial charge in [0.25, 0.3) is 5.69 Å². The lowest BCUT2D eigenvalue weighted by molar-refractivity contribution is -0.384. The van der Waals surface area contributed by atoms with E-state index >= 15 is 0 Å². The summed E-state index contributed by atoms with van der Waals surface area (Å²) < 4.78 is 6.07. The smallest absolute Gasteiger partial charge is 0.271 e. The Morgan fingerprint density at radius 1 is 1.14 bits per heavy atom. The number of nitro benzene ring substituents is 1. The highest BCUT2D eigenvalue weighted by Crippen LogP contribution is 2.51. The highest BCUT2D eigenvalue weighted by molar-refractivity contribution is 6.32. The van der Waals surface area contributed by atoms with Crippen LogP contribution in [0.4, 0.5) is 11.4 Å². The summed E-state index contributed by atoms with van der Waals surface area (Å²) in [4.78, 5) is 27.0. The molecule has 1 unspecified atom stereocenters. The zero-order chi connectivity index (χ0) is 31.2. The number of para-hydroxylation sites is 1. The summed E-state index contributed by atoms with van der Waals surface area (Å²) in [5.41, 5.74) is 12.5. The minimum atomic E-state index is -0.696. The molecule has 1 aliphatic heterocycles. The normalized spacial score (nSPS) is 17.9. The molecule has 0 spiro atoms. The monoisotopic (exact) mass is 596 g/mol. The lowest BCUT2D eigenvalue weighted by Crippen LogP contribution is -2.42. The number of halogens is 1. The molecule has 0 radical (unpaired) electrons. The van der Waals surface area contributed by atoms with Crippen LogP contribution in [0, 0.1) is 47.6 Å². The van der Waals surface area contributed by atoms with Crippen LogP contribution in [0.25, 0.3) is 0 Å². The highest BCUT2D eigenvalue weighted by atomic mass is 35.5. The maximum Gasteiger partial charge on any atom is 0.271 e. The van der Waals surface area contributed by atoms with Crippen molar-refractivity contribution in [3.8, 4) is 11.8 Å². The average Bonchev–Trinajstić information content (AvgIpc) is 2.93. The summed E-state index contributed by atoms with van der Waals surface area (Å²) >= 11 is 6.32. The van der Waals surface area contributed by atoms with Gasteiger partial charge < -0.3 is 10.5 Å². The van der Waals surface area contributed by atoms with E-state index < -0.39 is 10.8 Å². The molecule has 1 atom stereocenters. The topological polar surface area (TPSA) is 122 Å². The van der Waals surface area contributed by atoms with Gasteiger partial charge in [0.1, 0.15) is 18.2 Å². The predicted octanol–water partition coefficient (Wildman–Crippen LogP) is 7.69. The van der Waals surface area contributed by atoms with Crippen LogP contribution >= 0.6 is 11.6 Å². The zero-order valence-corrected chi connectivity index (χ0v) is 25.6. The molecule has 1 aliphatic carbocycles. The number of benzene rings is 3. The molecule has 0 saturated carbocycles. The quantitative estimate of drug-likeness (QED) is 0.228. The van der Waals surface area contributed by atoms with Gasteiger partial charge in [0.2, 0.25) is 0 Å². The van der Waals surface area contributed by atoms with Crippen LogP contribution < -0.4 is 15.4 Å².